The highest BCUT2D eigenvalue weighted by Crippen LogP contribution is 2.73. The lowest BCUT2D eigenvalue weighted by Crippen LogP contribution is -2.37. The maximum absolute atomic E-state index is 13.9. The highest BCUT2D eigenvalue weighted by molar-refractivity contribution is 8.34. The van der Waals surface area contributed by atoms with Gasteiger partial charge in [0.25, 0.3) is 0 Å². The fourth-order valence-electron chi connectivity index (χ4n) is 8.56. The summed E-state index contributed by atoms with van der Waals surface area (Å²) in [6.45, 7) is 1.90. The number of allylic oxidation sites excluding steroid dienone is 4. The summed E-state index contributed by atoms with van der Waals surface area (Å²) >= 11 is 0. The number of carbonyl (C=O) groups excluding carboxylic acids is 2. The first-order valence-electron chi connectivity index (χ1n) is 19.1. The fourth-order valence-corrected chi connectivity index (χ4v) is 15.4. The van der Waals surface area contributed by atoms with E-state index in [2.05, 4.69) is 97.1 Å². The quantitative estimate of drug-likeness (QED) is 0.168. The van der Waals surface area contributed by atoms with Crippen LogP contribution in [0.1, 0.15) is 39.6 Å². The SMILES string of the molecule is CC12CC=CC=C1S(=O)c1cc(-c3ccc(S(c4ccccc4)(c4ccccc4)c4ccc(-c5ccc6c(c5)S(=O)c5ccccc5C6=O)cc4)cc3)ccc1C2=O. The van der Waals surface area contributed by atoms with Crippen molar-refractivity contribution < 1.29 is 18.0 Å². The molecule has 3 aliphatic rings. The van der Waals surface area contributed by atoms with E-state index >= 15 is 0 Å². The van der Waals surface area contributed by atoms with Crippen LogP contribution in [0.25, 0.3) is 22.3 Å². The van der Waals surface area contributed by atoms with Gasteiger partial charge in [-0.2, -0.15) is 0 Å². The smallest absolute Gasteiger partial charge is 0.195 e. The molecule has 0 aromatic heterocycles. The van der Waals surface area contributed by atoms with Gasteiger partial charge in [-0.3, -0.25) is 9.59 Å². The normalized spacial score (nSPS) is 19.6. The number of Topliss-reactive ketones (excluding diaryl/α,β-unsaturated/α-hetero) is 1. The van der Waals surface area contributed by atoms with Gasteiger partial charge in [-0.05, 0) is 127 Å². The average molecular weight is 809 g/mol. The topological polar surface area (TPSA) is 68.3 Å². The van der Waals surface area contributed by atoms with Crippen LogP contribution in [-0.4, -0.2) is 20.0 Å². The van der Waals surface area contributed by atoms with Crippen LogP contribution in [0.5, 0.6) is 0 Å². The van der Waals surface area contributed by atoms with Crippen LogP contribution in [0.2, 0.25) is 0 Å². The number of carbonyl (C=O) groups is 2. The van der Waals surface area contributed by atoms with Crippen LogP contribution >= 0.6 is 10.0 Å². The number of hydrogen-bond acceptors (Lipinski definition) is 4. The van der Waals surface area contributed by atoms with Crippen molar-refractivity contribution in [1.82, 2.24) is 0 Å². The molecule has 0 amide bonds. The fraction of sp³-hybridized carbons (Fsp3) is 0.0588. The Bertz CT molecular complexity index is 2890. The van der Waals surface area contributed by atoms with Crippen LogP contribution in [0.15, 0.2) is 227 Å². The van der Waals surface area contributed by atoms with Crippen LogP contribution in [-0.2, 0) is 21.6 Å². The maximum atomic E-state index is 13.9. The van der Waals surface area contributed by atoms with Gasteiger partial charge in [-0.25, -0.2) is 8.42 Å². The van der Waals surface area contributed by atoms with Crippen molar-refractivity contribution in [3.05, 3.63) is 210 Å². The van der Waals surface area contributed by atoms with E-state index in [1.54, 1.807) is 24.3 Å². The van der Waals surface area contributed by atoms with E-state index in [0.29, 0.717) is 42.7 Å². The Balaban J connectivity index is 1.07. The molecule has 0 fully saturated rings. The molecule has 0 saturated carbocycles. The van der Waals surface area contributed by atoms with Gasteiger partial charge in [0.1, 0.15) is 0 Å². The third-order valence-electron chi connectivity index (χ3n) is 11.6. The Morgan fingerprint density at radius 1 is 0.483 bits per heavy atom. The molecule has 1 aliphatic carbocycles. The summed E-state index contributed by atoms with van der Waals surface area (Å²) in [7, 11) is -4.92. The minimum absolute atomic E-state index is 0.0205. The molecule has 0 bridgehead atoms. The van der Waals surface area contributed by atoms with Crippen molar-refractivity contribution in [3.63, 3.8) is 0 Å². The van der Waals surface area contributed by atoms with Crippen molar-refractivity contribution in [3.8, 4) is 22.3 Å². The van der Waals surface area contributed by atoms with Gasteiger partial charge in [0.15, 0.2) is 11.6 Å². The highest BCUT2D eigenvalue weighted by Gasteiger charge is 2.46. The molecule has 2 aliphatic heterocycles. The predicted molar refractivity (Wildman–Crippen MR) is 233 cm³/mol. The molecule has 3 atom stereocenters. The molecule has 7 heteroatoms. The number of ketones is 2. The summed E-state index contributed by atoms with van der Waals surface area (Å²) in [4.78, 5) is 34.1. The average Bonchev–Trinajstić information content (AvgIpc) is 3.28. The minimum Gasteiger partial charge on any atom is -0.293 e. The Hall–Kier alpha value is -5.99. The van der Waals surface area contributed by atoms with Gasteiger partial charge in [0.2, 0.25) is 0 Å². The molecule has 10 rings (SSSR count). The molecule has 0 saturated heterocycles. The van der Waals surface area contributed by atoms with Gasteiger partial charge in [-0.15, -0.1) is 10.0 Å². The molecule has 0 N–H and O–H groups in total. The van der Waals surface area contributed by atoms with Gasteiger partial charge < -0.3 is 0 Å². The van der Waals surface area contributed by atoms with E-state index in [0.717, 1.165) is 32.0 Å². The molecule has 282 valence electrons. The molecular formula is C51H36O4S3. The molecule has 2 heterocycles. The molecule has 7 aromatic carbocycles. The zero-order chi connectivity index (χ0) is 39.6. The molecule has 4 nitrogen and oxygen atoms in total. The van der Waals surface area contributed by atoms with Crippen molar-refractivity contribution >= 4 is 43.2 Å². The van der Waals surface area contributed by atoms with E-state index < -0.39 is 37.0 Å². The molecular weight excluding hydrogens is 773 g/mol. The first kappa shape index (κ1) is 36.4. The number of benzene rings is 7. The van der Waals surface area contributed by atoms with E-state index in [-0.39, 0.29) is 11.6 Å². The van der Waals surface area contributed by atoms with Crippen molar-refractivity contribution in [2.45, 2.75) is 47.6 Å². The Morgan fingerprint density at radius 3 is 1.53 bits per heavy atom. The predicted octanol–water partition coefficient (Wildman–Crippen LogP) is 12.2. The van der Waals surface area contributed by atoms with Crippen LogP contribution < -0.4 is 0 Å². The summed E-state index contributed by atoms with van der Waals surface area (Å²) in [6, 6.07) is 57.1. The van der Waals surface area contributed by atoms with E-state index in [9.17, 15) is 18.0 Å². The first-order valence-corrected chi connectivity index (χ1v) is 23.0. The molecule has 3 unspecified atom stereocenters. The standard InChI is InChI=1S/C51H36O4S3/c1-51-31-11-10-18-48(51)57(55)47-33-37(24-30-44(47)50(51)53)35-21-27-41(28-22-35)58(38-12-4-2-5-13-38,39-14-6-3-7-15-39)40-25-19-34(20-26-40)36-23-29-43-46(32-36)56(54)45-17-9-8-16-42(45)49(43)52/h2-30,32-33H,31H2,1H3. The van der Waals surface area contributed by atoms with Gasteiger partial charge >= 0.3 is 0 Å². The maximum Gasteiger partial charge on any atom is 0.195 e. The van der Waals surface area contributed by atoms with E-state index in [4.69, 9.17) is 0 Å². The Morgan fingerprint density at radius 2 is 0.948 bits per heavy atom. The zero-order valence-corrected chi connectivity index (χ0v) is 33.9. The summed E-state index contributed by atoms with van der Waals surface area (Å²) in [5.41, 5.74) is 4.47. The van der Waals surface area contributed by atoms with Crippen LogP contribution in [0.3, 0.4) is 0 Å². The van der Waals surface area contributed by atoms with Crippen LogP contribution in [0.4, 0.5) is 0 Å². The summed E-state index contributed by atoms with van der Waals surface area (Å²) in [5, 5.41) is 0. The second kappa shape index (κ2) is 14.1. The lowest BCUT2D eigenvalue weighted by atomic mass is 9.76. The van der Waals surface area contributed by atoms with Crippen LogP contribution in [0, 0.1) is 5.41 Å². The van der Waals surface area contributed by atoms with Crippen molar-refractivity contribution in [1.29, 1.82) is 0 Å². The minimum atomic E-state index is -2.02. The first-order chi connectivity index (χ1) is 28.3. The third kappa shape index (κ3) is 5.56. The van der Waals surface area contributed by atoms with Crippen molar-refractivity contribution in [2.24, 2.45) is 5.41 Å². The Labute approximate surface area is 344 Å². The second-order valence-corrected chi connectivity index (χ2v) is 20.8. The molecule has 7 aromatic rings. The van der Waals surface area contributed by atoms with Crippen molar-refractivity contribution in [2.75, 3.05) is 0 Å². The van der Waals surface area contributed by atoms with E-state index in [1.807, 2.05) is 73.7 Å². The highest BCUT2D eigenvalue weighted by atomic mass is 32.3. The number of rotatable bonds is 6. The van der Waals surface area contributed by atoms with Gasteiger partial charge in [0, 0.05) is 41.2 Å². The summed E-state index contributed by atoms with van der Waals surface area (Å²) in [5.74, 6) is -0.0802. The molecule has 58 heavy (non-hydrogen) atoms. The Kier molecular flexibility index (Phi) is 8.86. The lowest BCUT2D eigenvalue weighted by Gasteiger charge is -2.42. The summed E-state index contributed by atoms with van der Waals surface area (Å²) < 4.78 is 27.6. The number of fused-ring (bicyclic) bond motifs is 4. The lowest BCUT2D eigenvalue weighted by molar-refractivity contribution is 0.0859. The zero-order valence-electron chi connectivity index (χ0n) is 31.5. The van der Waals surface area contributed by atoms with Gasteiger partial charge in [0.05, 0.1) is 41.7 Å². The largest absolute Gasteiger partial charge is 0.293 e. The monoisotopic (exact) mass is 808 g/mol. The number of hydrogen-bond donors (Lipinski definition) is 0. The third-order valence-corrected chi connectivity index (χ3v) is 18.7. The molecule has 0 radical (unpaired) electrons. The van der Waals surface area contributed by atoms with Gasteiger partial charge in [-0.1, -0.05) is 97.1 Å². The molecule has 0 spiro atoms. The summed E-state index contributed by atoms with van der Waals surface area (Å²) in [6.07, 6.45) is 6.27. The second-order valence-electron chi connectivity index (χ2n) is 14.9. The van der Waals surface area contributed by atoms with E-state index in [1.165, 1.54) is 9.79 Å².